The minimum atomic E-state index is -0.630. The third-order valence-corrected chi connectivity index (χ3v) is 3.00. The largest absolute Gasteiger partial charge is 0.490 e. The van der Waals surface area contributed by atoms with Crippen LogP contribution in [0.5, 0.6) is 5.75 Å². The Morgan fingerprint density at radius 1 is 1.32 bits per heavy atom. The van der Waals surface area contributed by atoms with Crippen LogP contribution in [0.4, 0.5) is 0 Å². The summed E-state index contributed by atoms with van der Waals surface area (Å²) in [5.74, 6) is 1.27. The van der Waals surface area contributed by atoms with Crippen molar-refractivity contribution in [2.24, 2.45) is 5.92 Å². The van der Waals surface area contributed by atoms with Crippen LogP contribution < -0.4 is 4.74 Å². The number of aliphatic hydroxyl groups excluding tert-OH is 1. The quantitative estimate of drug-likeness (QED) is 0.802. The Hall–Kier alpha value is -1.10. The predicted octanol–water partition coefficient (Wildman–Crippen LogP) is 2.17. The van der Waals surface area contributed by atoms with Gasteiger partial charge in [0.05, 0.1) is 13.2 Å². The summed E-state index contributed by atoms with van der Waals surface area (Å²) in [6, 6.07) is 7.51. The Balaban J connectivity index is 1.77. The number of aliphatic hydroxyl groups is 1. The molecule has 0 aromatic heterocycles. The van der Waals surface area contributed by atoms with Crippen LogP contribution in [-0.2, 0) is 9.47 Å². The van der Waals surface area contributed by atoms with Crippen molar-refractivity contribution >= 4 is 0 Å². The summed E-state index contributed by atoms with van der Waals surface area (Å²) >= 11 is 0. The molecule has 0 saturated heterocycles. The fourth-order valence-electron chi connectivity index (χ4n) is 2.04. The molecule has 1 aliphatic rings. The minimum absolute atomic E-state index is 0.322. The average molecular weight is 266 g/mol. The van der Waals surface area contributed by atoms with E-state index in [0.29, 0.717) is 25.7 Å². The Kier molecular flexibility index (Phi) is 5.19. The number of benzene rings is 1. The van der Waals surface area contributed by atoms with Crippen molar-refractivity contribution in [3.8, 4) is 5.75 Å². The van der Waals surface area contributed by atoms with E-state index in [2.05, 4.69) is 13.8 Å². The van der Waals surface area contributed by atoms with Gasteiger partial charge in [-0.25, -0.2) is 0 Å². The van der Waals surface area contributed by atoms with Crippen molar-refractivity contribution in [1.29, 1.82) is 0 Å². The van der Waals surface area contributed by atoms with E-state index in [1.807, 2.05) is 24.3 Å². The first-order valence-electron chi connectivity index (χ1n) is 6.77. The van der Waals surface area contributed by atoms with Gasteiger partial charge in [-0.2, -0.15) is 0 Å². The van der Waals surface area contributed by atoms with E-state index in [1.54, 1.807) is 0 Å². The summed E-state index contributed by atoms with van der Waals surface area (Å²) in [4.78, 5) is 0. The lowest BCUT2D eigenvalue weighted by atomic mass is 10.0. The van der Waals surface area contributed by atoms with Crippen LogP contribution in [0.1, 0.15) is 25.5 Å². The second-order valence-electron chi connectivity index (χ2n) is 5.17. The topological polar surface area (TPSA) is 47.9 Å². The summed E-state index contributed by atoms with van der Waals surface area (Å²) in [5.41, 5.74) is 0.793. The molecule has 2 atom stereocenters. The molecule has 0 bridgehead atoms. The first-order valence-corrected chi connectivity index (χ1v) is 6.77. The molecule has 0 aliphatic carbocycles. The average Bonchev–Trinajstić information content (AvgIpc) is 2.41. The predicted molar refractivity (Wildman–Crippen MR) is 72.3 cm³/mol. The van der Waals surface area contributed by atoms with Crippen molar-refractivity contribution in [2.45, 2.75) is 26.1 Å². The zero-order valence-electron chi connectivity index (χ0n) is 11.5. The van der Waals surface area contributed by atoms with Gasteiger partial charge in [0, 0.05) is 12.2 Å². The fourth-order valence-corrected chi connectivity index (χ4v) is 2.04. The van der Waals surface area contributed by atoms with E-state index >= 15 is 0 Å². The van der Waals surface area contributed by atoms with E-state index in [1.165, 1.54) is 0 Å². The zero-order valence-corrected chi connectivity index (χ0v) is 11.5. The lowest BCUT2D eigenvalue weighted by molar-refractivity contribution is -0.0861. The second-order valence-corrected chi connectivity index (χ2v) is 5.17. The molecule has 0 radical (unpaired) electrons. The van der Waals surface area contributed by atoms with E-state index < -0.39 is 6.10 Å². The molecule has 19 heavy (non-hydrogen) atoms. The Labute approximate surface area is 114 Å². The van der Waals surface area contributed by atoms with Gasteiger partial charge in [0.1, 0.15) is 24.6 Å². The van der Waals surface area contributed by atoms with Crippen LogP contribution in [0.2, 0.25) is 0 Å². The van der Waals surface area contributed by atoms with Gasteiger partial charge in [-0.05, 0) is 12.0 Å². The maximum Gasteiger partial charge on any atom is 0.125 e. The summed E-state index contributed by atoms with van der Waals surface area (Å²) in [7, 11) is 0. The van der Waals surface area contributed by atoms with Crippen molar-refractivity contribution in [1.82, 2.24) is 0 Å². The molecule has 106 valence electrons. The molecular weight excluding hydrogens is 244 g/mol. The first kappa shape index (κ1) is 14.3. The molecule has 0 spiro atoms. The lowest BCUT2D eigenvalue weighted by Crippen LogP contribution is -2.34. The number of fused-ring (bicyclic) bond motifs is 1. The molecule has 1 heterocycles. The van der Waals surface area contributed by atoms with Crippen LogP contribution in [0.3, 0.4) is 0 Å². The molecule has 0 fully saturated rings. The van der Waals surface area contributed by atoms with E-state index in [-0.39, 0.29) is 6.10 Å². The van der Waals surface area contributed by atoms with E-state index in [4.69, 9.17) is 14.2 Å². The monoisotopic (exact) mass is 266 g/mol. The molecule has 1 aromatic rings. The Morgan fingerprint density at radius 2 is 2.11 bits per heavy atom. The van der Waals surface area contributed by atoms with Gasteiger partial charge in [-0.3, -0.25) is 0 Å². The highest BCUT2D eigenvalue weighted by molar-refractivity contribution is 5.37. The second kappa shape index (κ2) is 6.89. The molecule has 1 aliphatic heterocycles. The third-order valence-electron chi connectivity index (χ3n) is 3.00. The van der Waals surface area contributed by atoms with Gasteiger partial charge in [0.2, 0.25) is 0 Å². The first-order chi connectivity index (χ1) is 9.18. The number of ether oxygens (including phenoxy) is 3. The lowest BCUT2D eigenvalue weighted by Gasteiger charge is -2.30. The molecule has 2 unspecified atom stereocenters. The SMILES string of the molecule is CC(C)COCCOC1COc2ccccc2C1O. The highest BCUT2D eigenvalue weighted by atomic mass is 16.6. The van der Waals surface area contributed by atoms with E-state index in [9.17, 15) is 5.11 Å². The smallest absolute Gasteiger partial charge is 0.125 e. The van der Waals surface area contributed by atoms with Crippen molar-refractivity contribution < 1.29 is 19.3 Å². The van der Waals surface area contributed by atoms with Crippen molar-refractivity contribution in [3.63, 3.8) is 0 Å². The number of para-hydroxylation sites is 1. The standard InChI is InChI=1S/C15H22O4/c1-11(2)9-17-7-8-18-14-10-19-13-6-4-3-5-12(13)15(14)16/h3-6,11,14-16H,7-10H2,1-2H3. The van der Waals surface area contributed by atoms with Gasteiger partial charge >= 0.3 is 0 Å². The van der Waals surface area contributed by atoms with Crippen LogP contribution in [-0.4, -0.2) is 37.6 Å². The summed E-state index contributed by atoms with van der Waals surface area (Å²) < 4.78 is 16.7. The molecule has 4 heteroatoms. The molecule has 1 N–H and O–H groups in total. The van der Waals surface area contributed by atoms with Gasteiger partial charge in [-0.1, -0.05) is 32.0 Å². The molecule has 0 saturated carbocycles. The third kappa shape index (κ3) is 3.93. The minimum Gasteiger partial charge on any atom is -0.490 e. The Morgan fingerprint density at radius 3 is 2.89 bits per heavy atom. The van der Waals surface area contributed by atoms with Gasteiger partial charge in [-0.15, -0.1) is 0 Å². The van der Waals surface area contributed by atoms with Gasteiger partial charge in [0.15, 0.2) is 0 Å². The summed E-state index contributed by atoms with van der Waals surface area (Å²) in [6.07, 6.45) is -0.951. The molecule has 0 amide bonds. The maximum atomic E-state index is 10.2. The molecule has 4 nitrogen and oxygen atoms in total. The van der Waals surface area contributed by atoms with Crippen molar-refractivity contribution in [2.75, 3.05) is 26.4 Å². The molecule has 2 rings (SSSR count). The number of hydrogen-bond donors (Lipinski definition) is 1. The van der Waals surface area contributed by atoms with Gasteiger partial charge < -0.3 is 19.3 Å². The molecular formula is C15H22O4. The highest BCUT2D eigenvalue weighted by Crippen LogP contribution is 2.32. The van der Waals surface area contributed by atoms with E-state index in [0.717, 1.165) is 17.9 Å². The highest BCUT2D eigenvalue weighted by Gasteiger charge is 2.29. The van der Waals surface area contributed by atoms with Crippen LogP contribution >= 0.6 is 0 Å². The zero-order chi connectivity index (χ0) is 13.7. The normalized spacial score (nSPS) is 22.1. The maximum absolute atomic E-state index is 10.2. The summed E-state index contributed by atoms with van der Waals surface area (Å²) in [6.45, 7) is 6.34. The Bertz CT molecular complexity index is 391. The number of hydrogen-bond acceptors (Lipinski definition) is 4. The fraction of sp³-hybridized carbons (Fsp3) is 0.600. The number of rotatable bonds is 6. The van der Waals surface area contributed by atoms with Gasteiger partial charge in [0.25, 0.3) is 0 Å². The van der Waals surface area contributed by atoms with Crippen LogP contribution in [0.15, 0.2) is 24.3 Å². The van der Waals surface area contributed by atoms with Crippen LogP contribution in [0.25, 0.3) is 0 Å². The van der Waals surface area contributed by atoms with Crippen molar-refractivity contribution in [3.05, 3.63) is 29.8 Å². The molecule has 1 aromatic carbocycles. The van der Waals surface area contributed by atoms with Crippen LogP contribution in [0, 0.1) is 5.92 Å². The summed E-state index contributed by atoms with van der Waals surface area (Å²) in [5, 5.41) is 10.2.